The summed E-state index contributed by atoms with van der Waals surface area (Å²) >= 11 is 0. The number of fused-ring (bicyclic) bond motifs is 1. The lowest BCUT2D eigenvalue weighted by Crippen LogP contribution is -2.30. The Labute approximate surface area is 128 Å². The predicted octanol–water partition coefficient (Wildman–Crippen LogP) is 4.36. The molecular weight excluding hydrogens is 256 g/mol. The van der Waals surface area contributed by atoms with Crippen molar-refractivity contribution < 1.29 is 0 Å². The van der Waals surface area contributed by atoms with Gasteiger partial charge in [-0.15, -0.1) is 0 Å². The first-order chi connectivity index (χ1) is 10.3. The molecule has 21 heavy (non-hydrogen) atoms. The van der Waals surface area contributed by atoms with Crippen molar-refractivity contribution in [1.82, 2.24) is 10.3 Å². The van der Waals surface area contributed by atoms with Crippen LogP contribution in [-0.4, -0.2) is 18.6 Å². The monoisotopic (exact) mass is 282 g/mol. The Morgan fingerprint density at radius 1 is 1.19 bits per heavy atom. The van der Waals surface area contributed by atoms with Crippen LogP contribution in [0.2, 0.25) is 0 Å². The number of rotatable bonds is 4. The predicted molar refractivity (Wildman–Crippen MR) is 89.5 cm³/mol. The summed E-state index contributed by atoms with van der Waals surface area (Å²) in [5.41, 5.74) is 1.46. The zero-order chi connectivity index (χ0) is 14.7. The van der Waals surface area contributed by atoms with Gasteiger partial charge in [-0.25, -0.2) is 0 Å². The molecule has 2 nitrogen and oxygen atoms in total. The topological polar surface area (TPSA) is 24.9 Å². The van der Waals surface area contributed by atoms with Gasteiger partial charge in [-0.2, -0.15) is 0 Å². The van der Waals surface area contributed by atoms with Crippen molar-refractivity contribution in [3.63, 3.8) is 0 Å². The maximum atomic E-state index is 4.51. The summed E-state index contributed by atoms with van der Waals surface area (Å²) in [6, 6.07) is 8.70. The maximum absolute atomic E-state index is 4.51. The molecule has 0 radical (unpaired) electrons. The fraction of sp³-hybridized carbons (Fsp3) is 0.526. The first kappa shape index (κ1) is 14.5. The van der Waals surface area contributed by atoms with Gasteiger partial charge in [0.2, 0.25) is 0 Å². The molecule has 1 aromatic heterocycles. The Bertz CT molecular complexity index is 588. The summed E-state index contributed by atoms with van der Waals surface area (Å²) in [4.78, 5) is 4.51. The van der Waals surface area contributed by atoms with Crippen LogP contribution < -0.4 is 5.32 Å². The van der Waals surface area contributed by atoms with E-state index in [1.54, 1.807) is 0 Å². The van der Waals surface area contributed by atoms with E-state index in [0.717, 1.165) is 18.4 Å². The molecule has 0 amide bonds. The first-order valence-electron chi connectivity index (χ1n) is 8.30. The highest BCUT2D eigenvalue weighted by Gasteiger charge is 2.31. The van der Waals surface area contributed by atoms with E-state index < -0.39 is 0 Å². The largest absolute Gasteiger partial charge is 0.319 e. The molecular formula is C19H26N2. The average molecular weight is 282 g/mol. The van der Waals surface area contributed by atoms with Gasteiger partial charge in [0.15, 0.2) is 0 Å². The third-order valence-corrected chi connectivity index (χ3v) is 5.24. The van der Waals surface area contributed by atoms with Gasteiger partial charge in [-0.05, 0) is 55.1 Å². The SMILES string of the molecule is CCC1CCC(CNC)C(c2cncc3ccccc23)C1. The molecule has 1 saturated carbocycles. The van der Waals surface area contributed by atoms with Crippen LogP contribution in [0.25, 0.3) is 10.8 Å². The minimum absolute atomic E-state index is 0.648. The van der Waals surface area contributed by atoms with Crippen molar-refractivity contribution in [2.45, 2.75) is 38.5 Å². The Hall–Kier alpha value is -1.41. The van der Waals surface area contributed by atoms with Crippen molar-refractivity contribution in [1.29, 1.82) is 0 Å². The van der Waals surface area contributed by atoms with Crippen molar-refractivity contribution in [2.75, 3.05) is 13.6 Å². The number of hydrogen-bond donors (Lipinski definition) is 1. The smallest absolute Gasteiger partial charge is 0.0346 e. The van der Waals surface area contributed by atoms with Gasteiger partial charge in [-0.1, -0.05) is 44.0 Å². The molecule has 1 aromatic carbocycles. The van der Waals surface area contributed by atoms with E-state index in [1.807, 2.05) is 6.20 Å². The van der Waals surface area contributed by atoms with Crippen LogP contribution in [0.3, 0.4) is 0 Å². The van der Waals surface area contributed by atoms with Gasteiger partial charge in [0.05, 0.1) is 0 Å². The quantitative estimate of drug-likeness (QED) is 0.901. The van der Waals surface area contributed by atoms with E-state index in [1.165, 1.54) is 42.0 Å². The van der Waals surface area contributed by atoms with Crippen molar-refractivity contribution >= 4 is 10.8 Å². The van der Waals surface area contributed by atoms with Gasteiger partial charge in [0.25, 0.3) is 0 Å². The molecule has 2 aromatic rings. The lowest BCUT2D eigenvalue weighted by Gasteiger charge is -2.36. The van der Waals surface area contributed by atoms with E-state index in [-0.39, 0.29) is 0 Å². The molecule has 1 N–H and O–H groups in total. The molecule has 0 saturated heterocycles. The van der Waals surface area contributed by atoms with Gasteiger partial charge in [0.1, 0.15) is 0 Å². The molecule has 3 atom stereocenters. The number of benzene rings is 1. The van der Waals surface area contributed by atoms with E-state index in [4.69, 9.17) is 0 Å². The molecule has 112 valence electrons. The molecule has 1 heterocycles. The molecule has 0 bridgehead atoms. The Balaban J connectivity index is 2.00. The van der Waals surface area contributed by atoms with Gasteiger partial charge in [-0.3, -0.25) is 4.98 Å². The molecule has 0 spiro atoms. The summed E-state index contributed by atoms with van der Waals surface area (Å²) in [7, 11) is 2.07. The molecule has 1 aliphatic rings. The molecule has 3 rings (SSSR count). The fourth-order valence-electron chi connectivity index (χ4n) is 4.01. The van der Waals surface area contributed by atoms with Crippen LogP contribution in [0.1, 0.15) is 44.1 Å². The van der Waals surface area contributed by atoms with Crippen molar-refractivity contribution in [3.8, 4) is 0 Å². The standard InChI is InChI=1S/C19H26N2/c1-3-14-8-9-16(11-20-2)18(10-14)19-13-21-12-15-6-4-5-7-17(15)19/h4-7,12-14,16,18,20H,3,8-11H2,1-2H3. The van der Waals surface area contributed by atoms with Crippen LogP contribution in [-0.2, 0) is 0 Å². The van der Waals surface area contributed by atoms with E-state index in [2.05, 4.69) is 54.7 Å². The van der Waals surface area contributed by atoms with Crippen LogP contribution in [0.4, 0.5) is 0 Å². The van der Waals surface area contributed by atoms with Gasteiger partial charge >= 0.3 is 0 Å². The lowest BCUT2D eigenvalue weighted by atomic mass is 9.70. The Morgan fingerprint density at radius 3 is 2.86 bits per heavy atom. The van der Waals surface area contributed by atoms with Gasteiger partial charge < -0.3 is 5.32 Å². The second-order valence-electron chi connectivity index (χ2n) is 6.46. The Kier molecular flexibility index (Phi) is 4.54. The molecule has 0 aliphatic heterocycles. The number of hydrogen-bond acceptors (Lipinski definition) is 2. The second kappa shape index (κ2) is 6.57. The average Bonchev–Trinajstić information content (AvgIpc) is 2.55. The summed E-state index contributed by atoms with van der Waals surface area (Å²) in [6.07, 6.45) is 9.46. The number of pyridine rings is 1. The van der Waals surface area contributed by atoms with Crippen molar-refractivity contribution in [2.24, 2.45) is 11.8 Å². The molecule has 3 unspecified atom stereocenters. The third-order valence-electron chi connectivity index (χ3n) is 5.24. The highest BCUT2D eigenvalue weighted by Crippen LogP contribution is 2.43. The highest BCUT2D eigenvalue weighted by molar-refractivity contribution is 5.85. The summed E-state index contributed by atoms with van der Waals surface area (Å²) in [6.45, 7) is 3.45. The van der Waals surface area contributed by atoms with Crippen LogP contribution in [0.5, 0.6) is 0 Å². The second-order valence-corrected chi connectivity index (χ2v) is 6.46. The number of aromatic nitrogens is 1. The molecule has 1 aliphatic carbocycles. The van der Waals surface area contributed by atoms with Gasteiger partial charge in [0, 0.05) is 17.8 Å². The minimum atomic E-state index is 0.648. The maximum Gasteiger partial charge on any atom is 0.0346 e. The van der Waals surface area contributed by atoms with E-state index in [0.29, 0.717) is 5.92 Å². The van der Waals surface area contributed by atoms with E-state index in [9.17, 15) is 0 Å². The zero-order valence-electron chi connectivity index (χ0n) is 13.2. The minimum Gasteiger partial charge on any atom is -0.319 e. The normalized spacial score (nSPS) is 26.1. The highest BCUT2D eigenvalue weighted by atomic mass is 14.8. The zero-order valence-corrected chi connectivity index (χ0v) is 13.2. The van der Waals surface area contributed by atoms with E-state index >= 15 is 0 Å². The summed E-state index contributed by atoms with van der Waals surface area (Å²) in [5, 5.41) is 6.07. The Morgan fingerprint density at radius 2 is 2.05 bits per heavy atom. The molecule has 2 heteroatoms. The number of nitrogens with zero attached hydrogens (tertiary/aromatic N) is 1. The van der Waals surface area contributed by atoms with Crippen LogP contribution >= 0.6 is 0 Å². The third kappa shape index (κ3) is 2.96. The lowest BCUT2D eigenvalue weighted by molar-refractivity contribution is 0.229. The summed E-state index contributed by atoms with van der Waals surface area (Å²) in [5.74, 6) is 2.27. The molecule has 1 fully saturated rings. The fourth-order valence-corrected chi connectivity index (χ4v) is 4.01. The van der Waals surface area contributed by atoms with Crippen LogP contribution in [0.15, 0.2) is 36.7 Å². The number of nitrogens with one attached hydrogen (secondary N) is 1. The van der Waals surface area contributed by atoms with Crippen molar-refractivity contribution in [3.05, 3.63) is 42.2 Å². The first-order valence-corrected chi connectivity index (χ1v) is 8.30. The van der Waals surface area contributed by atoms with Crippen LogP contribution in [0, 0.1) is 11.8 Å². The summed E-state index contributed by atoms with van der Waals surface area (Å²) < 4.78 is 0.